The molecule has 2 aliphatic heterocycles. The van der Waals surface area contributed by atoms with Crippen LogP contribution in [0.1, 0.15) is 50.4 Å². The lowest BCUT2D eigenvalue weighted by atomic mass is 9.62. The standard InChI is InChI=1S/C27H33N3O5/c1-26(2,3)35-25(32)29-12-10-22-21(15-29)23(9-11-28-22)34-20-13-27(14-20)17-30(18-27)24(31)33-16-19-7-5-4-6-8-19/h4-9,11,20H,10,12-18H2,1-3H3. The van der Waals surface area contributed by atoms with E-state index in [1.807, 2.05) is 57.2 Å². The number of rotatable bonds is 4. The van der Waals surface area contributed by atoms with Gasteiger partial charge in [0.1, 0.15) is 24.1 Å². The molecule has 0 radical (unpaired) electrons. The Morgan fingerprint density at radius 3 is 2.51 bits per heavy atom. The summed E-state index contributed by atoms with van der Waals surface area (Å²) in [6.07, 6.45) is 3.80. The highest BCUT2D eigenvalue weighted by molar-refractivity contribution is 5.69. The predicted octanol–water partition coefficient (Wildman–Crippen LogP) is 4.55. The number of ether oxygens (including phenoxy) is 3. The van der Waals surface area contributed by atoms with Crippen LogP contribution in [0.4, 0.5) is 9.59 Å². The number of nitrogens with zero attached hydrogens (tertiary/aromatic N) is 3. The van der Waals surface area contributed by atoms with Crippen LogP contribution in [-0.2, 0) is 29.0 Å². The molecule has 1 aliphatic carbocycles. The summed E-state index contributed by atoms with van der Waals surface area (Å²) in [6, 6.07) is 11.6. The summed E-state index contributed by atoms with van der Waals surface area (Å²) in [5, 5.41) is 0. The van der Waals surface area contributed by atoms with E-state index in [1.54, 1.807) is 16.0 Å². The molecule has 1 saturated carbocycles. The summed E-state index contributed by atoms with van der Waals surface area (Å²) in [5.74, 6) is 0.793. The number of hydrogen-bond acceptors (Lipinski definition) is 6. The van der Waals surface area contributed by atoms with Gasteiger partial charge in [-0.05, 0) is 45.2 Å². The number of likely N-dealkylation sites (tertiary alicyclic amines) is 1. The normalized spacial score (nSPS) is 18.8. The smallest absolute Gasteiger partial charge is 0.410 e. The molecule has 3 heterocycles. The van der Waals surface area contributed by atoms with Gasteiger partial charge in [-0.15, -0.1) is 0 Å². The van der Waals surface area contributed by atoms with Crippen LogP contribution < -0.4 is 4.74 Å². The summed E-state index contributed by atoms with van der Waals surface area (Å²) in [7, 11) is 0. The molecule has 5 rings (SSSR count). The largest absolute Gasteiger partial charge is 0.490 e. The number of fused-ring (bicyclic) bond motifs is 1. The topological polar surface area (TPSA) is 81.2 Å². The molecular weight excluding hydrogens is 446 g/mol. The lowest BCUT2D eigenvalue weighted by Gasteiger charge is -2.57. The zero-order valence-electron chi connectivity index (χ0n) is 20.7. The second-order valence-electron chi connectivity index (χ2n) is 10.9. The third-order valence-electron chi connectivity index (χ3n) is 6.85. The maximum absolute atomic E-state index is 12.6. The van der Waals surface area contributed by atoms with E-state index >= 15 is 0 Å². The van der Waals surface area contributed by atoms with E-state index in [9.17, 15) is 9.59 Å². The van der Waals surface area contributed by atoms with Gasteiger partial charge in [-0.3, -0.25) is 4.98 Å². The number of amides is 2. The Bertz CT molecular complexity index is 1080. The first-order chi connectivity index (χ1) is 16.7. The quantitative estimate of drug-likeness (QED) is 0.640. The number of aromatic nitrogens is 1. The van der Waals surface area contributed by atoms with Gasteiger partial charge in [0.05, 0.1) is 12.2 Å². The molecule has 2 fully saturated rings. The molecule has 1 spiro atoms. The molecule has 186 valence electrons. The lowest BCUT2D eigenvalue weighted by molar-refractivity contribution is -0.110. The second-order valence-corrected chi connectivity index (χ2v) is 10.9. The van der Waals surface area contributed by atoms with Gasteiger partial charge in [-0.2, -0.15) is 0 Å². The van der Waals surface area contributed by atoms with Gasteiger partial charge in [0.15, 0.2) is 0 Å². The zero-order valence-corrected chi connectivity index (χ0v) is 20.7. The average Bonchev–Trinajstić information content (AvgIpc) is 2.77. The van der Waals surface area contributed by atoms with Gasteiger partial charge < -0.3 is 24.0 Å². The van der Waals surface area contributed by atoms with Crippen molar-refractivity contribution in [2.75, 3.05) is 19.6 Å². The van der Waals surface area contributed by atoms with E-state index in [4.69, 9.17) is 14.2 Å². The van der Waals surface area contributed by atoms with E-state index in [-0.39, 0.29) is 23.7 Å². The summed E-state index contributed by atoms with van der Waals surface area (Å²) in [5.41, 5.74) is 2.53. The summed E-state index contributed by atoms with van der Waals surface area (Å²) < 4.78 is 17.4. The molecule has 2 aromatic rings. The van der Waals surface area contributed by atoms with Crippen molar-refractivity contribution in [3.05, 3.63) is 59.4 Å². The first-order valence-corrected chi connectivity index (χ1v) is 12.3. The van der Waals surface area contributed by atoms with Crippen LogP contribution in [0, 0.1) is 5.41 Å². The number of carbonyl (C=O) groups excluding carboxylic acids is 2. The van der Waals surface area contributed by atoms with Crippen LogP contribution >= 0.6 is 0 Å². The van der Waals surface area contributed by atoms with Crippen molar-refractivity contribution in [3.8, 4) is 5.75 Å². The molecule has 2 amide bonds. The minimum absolute atomic E-state index is 0.0980. The first kappa shape index (κ1) is 23.5. The minimum atomic E-state index is -0.531. The van der Waals surface area contributed by atoms with E-state index in [2.05, 4.69) is 4.98 Å². The van der Waals surface area contributed by atoms with Gasteiger partial charge in [-0.1, -0.05) is 30.3 Å². The fraction of sp³-hybridized carbons (Fsp3) is 0.519. The Balaban J connectivity index is 1.11. The van der Waals surface area contributed by atoms with Gasteiger partial charge >= 0.3 is 12.2 Å². The van der Waals surface area contributed by atoms with Crippen molar-refractivity contribution in [2.24, 2.45) is 5.41 Å². The molecule has 0 unspecified atom stereocenters. The zero-order chi connectivity index (χ0) is 24.6. The average molecular weight is 480 g/mol. The molecule has 3 aliphatic rings. The van der Waals surface area contributed by atoms with E-state index < -0.39 is 5.60 Å². The molecule has 1 aromatic heterocycles. The molecule has 8 nitrogen and oxygen atoms in total. The second kappa shape index (κ2) is 9.06. The van der Waals surface area contributed by atoms with Crippen molar-refractivity contribution in [3.63, 3.8) is 0 Å². The SMILES string of the molecule is CC(C)(C)OC(=O)N1CCc2nccc(OC3CC4(C3)CN(C(=O)OCc3ccccc3)C4)c2C1. The van der Waals surface area contributed by atoms with Crippen LogP contribution in [0.15, 0.2) is 42.6 Å². The molecule has 8 heteroatoms. The van der Waals surface area contributed by atoms with E-state index in [0.717, 1.165) is 35.4 Å². The highest BCUT2D eigenvalue weighted by atomic mass is 16.6. The van der Waals surface area contributed by atoms with Crippen LogP contribution in [-0.4, -0.2) is 58.3 Å². The Morgan fingerprint density at radius 2 is 1.80 bits per heavy atom. The molecule has 0 N–H and O–H groups in total. The van der Waals surface area contributed by atoms with E-state index in [0.29, 0.717) is 39.2 Å². The summed E-state index contributed by atoms with van der Waals surface area (Å²) in [4.78, 5) is 32.9. The Labute approximate surface area is 206 Å². The lowest BCUT2D eigenvalue weighted by Crippen LogP contribution is -2.65. The van der Waals surface area contributed by atoms with Crippen molar-refractivity contribution in [1.82, 2.24) is 14.8 Å². The van der Waals surface area contributed by atoms with Crippen LogP contribution in [0.25, 0.3) is 0 Å². The predicted molar refractivity (Wildman–Crippen MR) is 129 cm³/mol. The van der Waals surface area contributed by atoms with Crippen molar-refractivity contribution >= 4 is 12.2 Å². The van der Waals surface area contributed by atoms with Gasteiger partial charge in [-0.25, -0.2) is 9.59 Å². The maximum Gasteiger partial charge on any atom is 0.410 e. The third-order valence-corrected chi connectivity index (χ3v) is 6.85. The fourth-order valence-electron chi connectivity index (χ4n) is 5.13. The molecular formula is C27H33N3O5. The van der Waals surface area contributed by atoms with Crippen molar-refractivity contribution in [1.29, 1.82) is 0 Å². The monoisotopic (exact) mass is 479 g/mol. The Kier molecular flexibility index (Phi) is 6.07. The highest BCUT2D eigenvalue weighted by Gasteiger charge is 2.55. The fourth-order valence-corrected chi connectivity index (χ4v) is 5.13. The van der Waals surface area contributed by atoms with Crippen LogP contribution in [0.3, 0.4) is 0 Å². The highest BCUT2D eigenvalue weighted by Crippen LogP contribution is 2.50. The molecule has 35 heavy (non-hydrogen) atoms. The van der Waals surface area contributed by atoms with Crippen molar-refractivity contribution < 1.29 is 23.8 Å². The Hall–Kier alpha value is -3.29. The minimum Gasteiger partial charge on any atom is -0.490 e. The summed E-state index contributed by atoms with van der Waals surface area (Å²) in [6.45, 7) is 8.35. The molecule has 0 bridgehead atoms. The third kappa shape index (κ3) is 5.21. The molecule has 1 aromatic carbocycles. The van der Waals surface area contributed by atoms with Crippen LogP contribution in [0.5, 0.6) is 5.75 Å². The number of benzene rings is 1. The van der Waals surface area contributed by atoms with Crippen molar-refractivity contribution in [2.45, 2.75) is 64.9 Å². The Morgan fingerprint density at radius 1 is 1.06 bits per heavy atom. The summed E-state index contributed by atoms with van der Waals surface area (Å²) >= 11 is 0. The molecule has 0 atom stereocenters. The van der Waals surface area contributed by atoms with Crippen LogP contribution in [0.2, 0.25) is 0 Å². The first-order valence-electron chi connectivity index (χ1n) is 12.3. The number of pyridine rings is 1. The molecule has 1 saturated heterocycles. The maximum atomic E-state index is 12.6. The number of carbonyl (C=O) groups is 2. The van der Waals surface area contributed by atoms with Gasteiger partial charge in [0, 0.05) is 43.2 Å². The van der Waals surface area contributed by atoms with Gasteiger partial charge in [0.2, 0.25) is 0 Å². The van der Waals surface area contributed by atoms with E-state index in [1.165, 1.54) is 0 Å². The van der Waals surface area contributed by atoms with Gasteiger partial charge in [0.25, 0.3) is 0 Å². The number of hydrogen-bond donors (Lipinski definition) is 0.